The SMILES string of the molecule is O=C1C[C@H](c2ccc(F)cc2)c2c(n3ccsc3nc2=O)N1. The third kappa shape index (κ3) is 1.93. The van der Waals surface area contributed by atoms with Crippen molar-refractivity contribution in [3.8, 4) is 0 Å². The lowest BCUT2D eigenvalue weighted by atomic mass is 9.87. The van der Waals surface area contributed by atoms with Crippen molar-refractivity contribution < 1.29 is 9.18 Å². The number of fused-ring (bicyclic) bond motifs is 3. The number of amides is 1. The van der Waals surface area contributed by atoms with Crippen molar-refractivity contribution in [2.45, 2.75) is 12.3 Å². The zero-order chi connectivity index (χ0) is 15.3. The maximum atomic E-state index is 13.1. The second-order valence-electron chi connectivity index (χ2n) is 5.09. The summed E-state index contributed by atoms with van der Waals surface area (Å²) in [6.07, 6.45) is 1.91. The summed E-state index contributed by atoms with van der Waals surface area (Å²) in [5.41, 5.74) is 0.820. The van der Waals surface area contributed by atoms with Crippen LogP contribution in [0.4, 0.5) is 10.2 Å². The van der Waals surface area contributed by atoms with Crippen molar-refractivity contribution in [1.29, 1.82) is 0 Å². The largest absolute Gasteiger partial charge is 0.311 e. The summed E-state index contributed by atoms with van der Waals surface area (Å²) in [6, 6.07) is 5.86. The van der Waals surface area contributed by atoms with E-state index in [0.29, 0.717) is 16.3 Å². The molecule has 1 aromatic carbocycles. The number of aromatic nitrogens is 2. The van der Waals surface area contributed by atoms with Gasteiger partial charge in [-0.1, -0.05) is 12.1 Å². The number of anilines is 1. The van der Waals surface area contributed by atoms with E-state index in [1.165, 1.54) is 23.5 Å². The molecule has 1 N–H and O–H groups in total. The van der Waals surface area contributed by atoms with Crippen molar-refractivity contribution in [1.82, 2.24) is 9.38 Å². The minimum atomic E-state index is -0.416. The smallest absolute Gasteiger partial charge is 0.279 e. The maximum Gasteiger partial charge on any atom is 0.279 e. The van der Waals surface area contributed by atoms with Crippen LogP contribution in [0.5, 0.6) is 0 Å². The predicted molar refractivity (Wildman–Crippen MR) is 80.8 cm³/mol. The molecular formula is C15H10FN3O2S. The van der Waals surface area contributed by atoms with Gasteiger partial charge in [0.15, 0.2) is 4.96 Å². The van der Waals surface area contributed by atoms with Crippen LogP contribution >= 0.6 is 11.3 Å². The maximum absolute atomic E-state index is 13.1. The van der Waals surface area contributed by atoms with Gasteiger partial charge in [0.05, 0.1) is 5.56 Å². The van der Waals surface area contributed by atoms with E-state index in [1.54, 1.807) is 28.1 Å². The summed E-state index contributed by atoms with van der Waals surface area (Å²) >= 11 is 1.33. The predicted octanol–water partition coefficient (Wildman–Crippen LogP) is 2.37. The Hall–Kier alpha value is -2.54. The van der Waals surface area contributed by atoms with Crippen LogP contribution in [0.15, 0.2) is 40.6 Å². The van der Waals surface area contributed by atoms with Crippen molar-refractivity contribution in [2.24, 2.45) is 0 Å². The number of nitrogens with zero attached hydrogens (tertiary/aromatic N) is 2. The number of nitrogens with one attached hydrogen (secondary N) is 1. The number of rotatable bonds is 1. The van der Waals surface area contributed by atoms with Gasteiger partial charge in [-0.2, -0.15) is 4.98 Å². The molecular weight excluding hydrogens is 305 g/mol. The van der Waals surface area contributed by atoms with Gasteiger partial charge in [0.1, 0.15) is 11.6 Å². The molecule has 110 valence electrons. The summed E-state index contributed by atoms with van der Waals surface area (Å²) in [6.45, 7) is 0. The van der Waals surface area contributed by atoms with Gasteiger partial charge in [0.25, 0.3) is 5.56 Å². The molecule has 2 aromatic heterocycles. The first-order valence-electron chi connectivity index (χ1n) is 6.68. The van der Waals surface area contributed by atoms with Crippen LogP contribution in [-0.2, 0) is 4.79 Å². The third-order valence-corrected chi connectivity index (χ3v) is 4.54. The Balaban J connectivity index is 1.99. The number of hydrogen-bond donors (Lipinski definition) is 1. The van der Waals surface area contributed by atoms with E-state index in [4.69, 9.17) is 0 Å². The number of benzene rings is 1. The average molecular weight is 315 g/mol. The molecule has 4 rings (SSSR count). The number of halogens is 1. The molecule has 0 fully saturated rings. The molecule has 3 aromatic rings. The molecule has 5 nitrogen and oxygen atoms in total. The van der Waals surface area contributed by atoms with E-state index >= 15 is 0 Å². The van der Waals surface area contributed by atoms with Crippen molar-refractivity contribution in [3.63, 3.8) is 0 Å². The van der Waals surface area contributed by atoms with E-state index in [0.717, 1.165) is 5.56 Å². The monoisotopic (exact) mass is 315 g/mol. The lowest BCUT2D eigenvalue weighted by molar-refractivity contribution is -0.116. The van der Waals surface area contributed by atoms with Crippen LogP contribution in [0.2, 0.25) is 0 Å². The Morgan fingerprint density at radius 1 is 1.27 bits per heavy atom. The Morgan fingerprint density at radius 3 is 2.82 bits per heavy atom. The van der Waals surface area contributed by atoms with Crippen LogP contribution < -0.4 is 10.9 Å². The zero-order valence-electron chi connectivity index (χ0n) is 11.2. The summed E-state index contributed by atoms with van der Waals surface area (Å²) in [7, 11) is 0. The molecule has 0 saturated heterocycles. The first kappa shape index (κ1) is 13.1. The molecule has 3 heterocycles. The summed E-state index contributed by atoms with van der Waals surface area (Å²) in [4.78, 5) is 29.0. The number of hydrogen-bond acceptors (Lipinski definition) is 4. The minimum absolute atomic E-state index is 0.145. The van der Waals surface area contributed by atoms with E-state index in [2.05, 4.69) is 10.3 Å². The van der Waals surface area contributed by atoms with Gasteiger partial charge in [-0.05, 0) is 17.7 Å². The molecule has 1 aliphatic heterocycles. The topological polar surface area (TPSA) is 63.5 Å². The fraction of sp³-hybridized carbons (Fsp3) is 0.133. The first-order chi connectivity index (χ1) is 10.6. The summed E-state index contributed by atoms with van der Waals surface area (Å²) in [5.74, 6) is -0.484. The van der Waals surface area contributed by atoms with Crippen LogP contribution in [0.25, 0.3) is 4.96 Å². The van der Waals surface area contributed by atoms with Crippen molar-refractivity contribution >= 4 is 28.0 Å². The highest BCUT2D eigenvalue weighted by Crippen LogP contribution is 2.35. The molecule has 1 atom stereocenters. The van der Waals surface area contributed by atoms with E-state index in [-0.39, 0.29) is 23.7 Å². The standard InChI is InChI=1S/C15H10FN3O2S/c16-9-3-1-8(2-4-9)10-7-11(20)17-13-12(10)14(21)18-15-19(13)5-6-22-15/h1-6,10H,7H2,(H,17,20)/t10-/m1/s1. The van der Waals surface area contributed by atoms with Crippen LogP contribution in [0.3, 0.4) is 0 Å². The van der Waals surface area contributed by atoms with Crippen molar-refractivity contribution in [3.05, 3.63) is 63.1 Å². The normalized spacial score (nSPS) is 17.3. The Bertz CT molecular complexity index is 946. The number of carbonyl (C=O) groups excluding carboxylic acids is 1. The highest BCUT2D eigenvalue weighted by atomic mass is 32.1. The molecule has 0 unspecified atom stereocenters. The van der Waals surface area contributed by atoms with E-state index in [1.807, 2.05) is 0 Å². The summed E-state index contributed by atoms with van der Waals surface area (Å²) < 4.78 is 14.8. The van der Waals surface area contributed by atoms with Crippen LogP contribution in [0, 0.1) is 5.82 Å². The minimum Gasteiger partial charge on any atom is -0.311 e. The van der Waals surface area contributed by atoms with Gasteiger partial charge >= 0.3 is 0 Å². The lowest BCUT2D eigenvalue weighted by Gasteiger charge is -2.25. The highest BCUT2D eigenvalue weighted by molar-refractivity contribution is 7.15. The van der Waals surface area contributed by atoms with Crippen molar-refractivity contribution in [2.75, 3.05) is 5.32 Å². The molecule has 0 saturated carbocycles. The number of carbonyl (C=O) groups is 1. The van der Waals surface area contributed by atoms with E-state index < -0.39 is 5.92 Å². The molecule has 0 bridgehead atoms. The second kappa shape index (κ2) is 4.74. The Morgan fingerprint density at radius 2 is 2.05 bits per heavy atom. The molecule has 22 heavy (non-hydrogen) atoms. The van der Waals surface area contributed by atoms with Crippen LogP contribution in [0.1, 0.15) is 23.5 Å². The molecule has 0 radical (unpaired) electrons. The Labute approximate surface area is 128 Å². The second-order valence-corrected chi connectivity index (χ2v) is 5.96. The first-order valence-corrected chi connectivity index (χ1v) is 7.56. The fourth-order valence-electron chi connectivity index (χ4n) is 2.79. The zero-order valence-corrected chi connectivity index (χ0v) is 12.1. The highest BCUT2D eigenvalue weighted by Gasteiger charge is 2.31. The molecule has 0 aliphatic carbocycles. The van der Waals surface area contributed by atoms with Gasteiger partial charge in [-0.15, -0.1) is 11.3 Å². The fourth-order valence-corrected chi connectivity index (χ4v) is 3.50. The van der Waals surface area contributed by atoms with E-state index in [9.17, 15) is 14.0 Å². The summed E-state index contributed by atoms with van der Waals surface area (Å²) in [5, 5.41) is 4.56. The molecule has 0 spiro atoms. The lowest BCUT2D eigenvalue weighted by Crippen LogP contribution is -2.31. The van der Waals surface area contributed by atoms with Gasteiger partial charge in [0.2, 0.25) is 5.91 Å². The quantitative estimate of drug-likeness (QED) is 0.750. The van der Waals surface area contributed by atoms with Gasteiger partial charge in [-0.25, -0.2) is 4.39 Å². The van der Waals surface area contributed by atoms with Gasteiger partial charge in [0, 0.05) is 23.9 Å². The molecule has 1 aliphatic rings. The molecule has 7 heteroatoms. The Kier molecular flexibility index (Phi) is 2.83. The molecule has 1 amide bonds. The van der Waals surface area contributed by atoms with Gasteiger partial charge in [-0.3, -0.25) is 14.0 Å². The average Bonchev–Trinajstić information content (AvgIpc) is 2.95. The van der Waals surface area contributed by atoms with Crippen LogP contribution in [-0.4, -0.2) is 15.3 Å². The van der Waals surface area contributed by atoms with Gasteiger partial charge < -0.3 is 5.32 Å². The number of thiazole rings is 1. The third-order valence-electron chi connectivity index (χ3n) is 3.78.